The van der Waals surface area contributed by atoms with Gasteiger partial charge in [-0.2, -0.15) is 0 Å². The van der Waals surface area contributed by atoms with E-state index >= 15 is 0 Å². The van der Waals surface area contributed by atoms with Crippen LogP contribution in [0.15, 0.2) is 30.5 Å². The summed E-state index contributed by atoms with van der Waals surface area (Å²) >= 11 is 0. The van der Waals surface area contributed by atoms with Crippen LogP contribution in [-0.2, 0) is 4.79 Å². The number of anilines is 1. The molecule has 1 amide bonds. The van der Waals surface area contributed by atoms with E-state index in [0.29, 0.717) is 18.1 Å². The van der Waals surface area contributed by atoms with Crippen molar-refractivity contribution in [1.29, 1.82) is 0 Å². The number of carbonyl (C=O) groups excluding carboxylic acids is 1. The Hall–Kier alpha value is -2.10. The lowest BCUT2D eigenvalue weighted by molar-refractivity contribution is -0.117. The number of nitrogens with one attached hydrogen (secondary N) is 1. The van der Waals surface area contributed by atoms with Gasteiger partial charge in [0.05, 0.1) is 12.8 Å². The second-order valence-electron chi connectivity index (χ2n) is 5.36. The van der Waals surface area contributed by atoms with E-state index in [0.717, 1.165) is 29.4 Å². The van der Waals surface area contributed by atoms with Gasteiger partial charge in [0.1, 0.15) is 11.3 Å². The van der Waals surface area contributed by atoms with E-state index in [9.17, 15) is 4.79 Å². The maximum absolute atomic E-state index is 12.1. The Kier molecular flexibility index (Phi) is 5.14. The molecule has 2 rings (SSSR count). The van der Waals surface area contributed by atoms with Crippen molar-refractivity contribution < 1.29 is 9.53 Å². The molecule has 4 heteroatoms. The standard InChI is InChI=1S/C17H22N2O2/c1-4-6-12(2)11-16(20)19-14-8-9-15(21-3)17-13(14)7-5-10-18-17/h5,7-10,12H,4,6,11H2,1-3H3,(H,19,20). The Balaban J connectivity index is 2.21. The molecule has 0 radical (unpaired) electrons. The fraction of sp³-hybridized carbons (Fsp3) is 0.412. The Bertz CT molecular complexity index is 625. The lowest BCUT2D eigenvalue weighted by atomic mass is 10.0. The molecule has 1 unspecified atom stereocenters. The van der Waals surface area contributed by atoms with Crippen molar-refractivity contribution >= 4 is 22.5 Å². The molecular formula is C17H22N2O2. The van der Waals surface area contributed by atoms with Gasteiger partial charge in [0.2, 0.25) is 5.91 Å². The number of ether oxygens (including phenoxy) is 1. The molecule has 0 aliphatic heterocycles. The highest BCUT2D eigenvalue weighted by molar-refractivity contribution is 6.02. The summed E-state index contributed by atoms with van der Waals surface area (Å²) in [5.74, 6) is 1.16. The zero-order chi connectivity index (χ0) is 15.2. The predicted octanol–water partition coefficient (Wildman–Crippen LogP) is 4.01. The average Bonchev–Trinajstić information content (AvgIpc) is 2.47. The van der Waals surface area contributed by atoms with E-state index in [1.54, 1.807) is 13.3 Å². The molecule has 1 aromatic carbocycles. The van der Waals surface area contributed by atoms with Crippen molar-refractivity contribution in [3.63, 3.8) is 0 Å². The summed E-state index contributed by atoms with van der Waals surface area (Å²) in [6.45, 7) is 4.24. The maximum atomic E-state index is 12.1. The van der Waals surface area contributed by atoms with Crippen LogP contribution in [0.1, 0.15) is 33.1 Å². The summed E-state index contributed by atoms with van der Waals surface area (Å²) in [5.41, 5.74) is 1.55. The number of methoxy groups -OCH3 is 1. The summed E-state index contributed by atoms with van der Waals surface area (Å²) in [5, 5.41) is 3.89. The van der Waals surface area contributed by atoms with Crippen molar-refractivity contribution in [1.82, 2.24) is 4.98 Å². The molecule has 21 heavy (non-hydrogen) atoms. The van der Waals surface area contributed by atoms with Crippen molar-refractivity contribution in [3.05, 3.63) is 30.5 Å². The lowest BCUT2D eigenvalue weighted by Crippen LogP contribution is -2.15. The summed E-state index contributed by atoms with van der Waals surface area (Å²) in [6, 6.07) is 7.50. The van der Waals surface area contributed by atoms with Crippen LogP contribution in [0.5, 0.6) is 5.75 Å². The van der Waals surface area contributed by atoms with Crippen LogP contribution in [0.3, 0.4) is 0 Å². The lowest BCUT2D eigenvalue weighted by Gasteiger charge is -2.13. The van der Waals surface area contributed by atoms with Crippen LogP contribution in [-0.4, -0.2) is 18.0 Å². The van der Waals surface area contributed by atoms with Gasteiger partial charge in [-0.25, -0.2) is 0 Å². The Morgan fingerprint density at radius 2 is 2.19 bits per heavy atom. The summed E-state index contributed by atoms with van der Waals surface area (Å²) < 4.78 is 5.31. The highest BCUT2D eigenvalue weighted by atomic mass is 16.5. The number of pyridine rings is 1. The fourth-order valence-corrected chi connectivity index (χ4v) is 2.53. The highest BCUT2D eigenvalue weighted by Gasteiger charge is 2.12. The molecule has 0 fully saturated rings. The van der Waals surface area contributed by atoms with Crippen LogP contribution < -0.4 is 10.1 Å². The van der Waals surface area contributed by atoms with Gasteiger partial charge in [0, 0.05) is 18.0 Å². The number of rotatable bonds is 6. The van der Waals surface area contributed by atoms with Crippen molar-refractivity contribution in [3.8, 4) is 5.75 Å². The number of carbonyl (C=O) groups is 1. The number of fused-ring (bicyclic) bond motifs is 1. The summed E-state index contributed by atoms with van der Waals surface area (Å²) in [6.07, 6.45) is 4.43. The highest BCUT2D eigenvalue weighted by Crippen LogP contribution is 2.29. The molecule has 0 aliphatic rings. The third-order valence-corrected chi connectivity index (χ3v) is 3.54. The van der Waals surface area contributed by atoms with Gasteiger partial charge in [-0.05, 0) is 30.2 Å². The second-order valence-corrected chi connectivity index (χ2v) is 5.36. The molecular weight excluding hydrogens is 264 g/mol. The number of amides is 1. The SMILES string of the molecule is CCCC(C)CC(=O)Nc1ccc(OC)c2ncccc12. The van der Waals surface area contributed by atoms with E-state index in [-0.39, 0.29) is 5.91 Å². The first-order valence-electron chi connectivity index (χ1n) is 7.37. The zero-order valence-electron chi connectivity index (χ0n) is 12.8. The van der Waals surface area contributed by atoms with E-state index < -0.39 is 0 Å². The average molecular weight is 286 g/mol. The largest absolute Gasteiger partial charge is 0.494 e. The van der Waals surface area contributed by atoms with Crippen molar-refractivity contribution in [2.75, 3.05) is 12.4 Å². The van der Waals surface area contributed by atoms with Crippen LogP contribution >= 0.6 is 0 Å². The number of hydrogen-bond acceptors (Lipinski definition) is 3. The molecule has 2 aromatic rings. The molecule has 1 aromatic heterocycles. The third-order valence-electron chi connectivity index (χ3n) is 3.54. The number of nitrogens with zero attached hydrogens (tertiary/aromatic N) is 1. The minimum absolute atomic E-state index is 0.0475. The van der Waals surface area contributed by atoms with Gasteiger partial charge in [-0.1, -0.05) is 26.7 Å². The Morgan fingerprint density at radius 1 is 1.38 bits per heavy atom. The first kappa shape index (κ1) is 15.3. The number of benzene rings is 1. The summed E-state index contributed by atoms with van der Waals surface area (Å²) in [4.78, 5) is 16.5. The first-order chi connectivity index (χ1) is 10.2. The molecule has 0 bridgehead atoms. The van der Waals surface area contributed by atoms with E-state index in [4.69, 9.17) is 4.74 Å². The number of aromatic nitrogens is 1. The van der Waals surface area contributed by atoms with Gasteiger partial charge in [0.15, 0.2) is 0 Å². The first-order valence-corrected chi connectivity index (χ1v) is 7.37. The minimum Gasteiger partial charge on any atom is -0.494 e. The zero-order valence-corrected chi connectivity index (χ0v) is 12.8. The van der Waals surface area contributed by atoms with Crippen molar-refractivity contribution in [2.45, 2.75) is 33.1 Å². The van der Waals surface area contributed by atoms with Crippen LogP contribution in [0.4, 0.5) is 5.69 Å². The van der Waals surface area contributed by atoms with Gasteiger partial charge in [-0.15, -0.1) is 0 Å². The fourth-order valence-electron chi connectivity index (χ4n) is 2.53. The van der Waals surface area contributed by atoms with Gasteiger partial charge in [0.25, 0.3) is 0 Å². The monoisotopic (exact) mass is 286 g/mol. The molecule has 1 heterocycles. The molecule has 1 atom stereocenters. The van der Waals surface area contributed by atoms with Crippen LogP contribution in [0.25, 0.3) is 10.9 Å². The van der Waals surface area contributed by atoms with Crippen molar-refractivity contribution in [2.24, 2.45) is 5.92 Å². The van der Waals surface area contributed by atoms with E-state index in [1.807, 2.05) is 24.3 Å². The van der Waals surface area contributed by atoms with Crippen LogP contribution in [0, 0.1) is 5.92 Å². The van der Waals surface area contributed by atoms with E-state index in [1.165, 1.54) is 0 Å². The molecule has 0 spiro atoms. The van der Waals surface area contributed by atoms with Gasteiger partial charge < -0.3 is 10.1 Å². The van der Waals surface area contributed by atoms with Gasteiger partial charge >= 0.3 is 0 Å². The number of hydrogen-bond donors (Lipinski definition) is 1. The minimum atomic E-state index is 0.0475. The van der Waals surface area contributed by atoms with Gasteiger partial charge in [-0.3, -0.25) is 9.78 Å². The molecule has 0 aliphatic carbocycles. The Labute approximate surface area is 125 Å². The normalized spacial score (nSPS) is 12.1. The van der Waals surface area contributed by atoms with E-state index in [2.05, 4.69) is 24.1 Å². The molecule has 1 N–H and O–H groups in total. The smallest absolute Gasteiger partial charge is 0.224 e. The topological polar surface area (TPSA) is 51.2 Å². The molecule has 0 saturated carbocycles. The molecule has 112 valence electrons. The van der Waals surface area contributed by atoms with Crippen LogP contribution in [0.2, 0.25) is 0 Å². The summed E-state index contributed by atoms with van der Waals surface area (Å²) in [7, 11) is 1.62. The predicted molar refractivity (Wildman–Crippen MR) is 85.6 cm³/mol. The molecule has 4 nitrogen and oxygen atoms in total. The second kappa shape index (κ2) is 7.07. The third kappa shape index (κ3) is 3.72. The quantitative estimate of drug-likeness (QED) is 0.873. The maximum Gasteiger partial charge on any atom is 0.224 e. The Morgan fingerprint density at radius 3 is 2.90 bits per heavy atom. The molecule has 0 saturated heterocycles.